The fraction of sp³-hybridized carbons (Fsp3) is 0.300. The molecule has 74 valence electrons. The number of hydrogen-bond acceptors (Lipinski definition) is 1. The predicted molar refractivity (Wildman–Crippen MR) is 58.0 cm³/mol. The van der Waals surface area contributed by atoms with Crippen molar-refractivity contribution in [1.29, 1.82) is 0 Å². The van der Waals surface area contributed by atoms with Gasteiger partial charge in [0.05, 0.1) is 5.92 Å². The van der Waals surface area contributed by atoms with Gasteiger partial charge >= 0.3 is 0 Å². The minimum absolute atomic E-state index is 0.169. The number of carbonyl (C=O) groups excluding carboxylic acids is 1. The number of hydrogen-bond donors (Lipinski definition) is 0. The largest absolute Gasteiger partial charge is 0.281 e. The molecule has 0 heterocycles. The van der Waals surface area contributed by atoms with Gasteiger partial charge in [-0.05, 0) is 17.2 Å². The van der Waals surface area contributed by atoms with E-state index in [1.165, 1.54) is 0 Å². The maximum Gasteiger partial charge on any atom is 0.228 e. The Labute approximate surface area is 97.0 Å². The Morgan fingerprint density at radius 1 is 1.21 bits per heavy atom. The normalized spacial score (nSPS) is 28.5. The minimum Gasteiger partial charge on any atom is -0.281 e. The molecule has 2 rings (SSSR count). The second-order valence-electron chi connectivity index (χ2n) is 3.34. The summed E-state index contributed by atoms with van der Waals surface area (Å²) in [5.74, 6) is -0.646. The van der Waals surface area contributed by atoms with Crippen molar-refractivity contribution in [3.05, 3.63) is 35.9 Å². The zero-order chi connectivity index (χ0) is 10.3. The molecule has 4 heteroatoms. The summed E-state index contributed by atoms with van der Waals surface area (Å²) in [6.07, 6.45) is 0. The minimum atomic E-state index is -1.03. The first-order chi connectivity index (χ1) is 6.55. The summed E-state index contributed by atoms with van der Waals surface area (Å²) in [7, 11) is 0. The Bertz CT molecular complexity index is 361. The van der Waals surface area contributed by atoms with Gasteiger partial charge in [0, 0.05) is 5.92 Å². The highest BCUT2D eigenvalue weighted by Crippen LogP contribution is 2.65. The van der Waals surface area contributed by atoms with E-state index < -0.39 is 15.5 Å². The van der Waals surface area contributed by atoms with Crippen LogP contribution < -0.4 is 0 Å². The molecule has 0 radical (unpaired) electrons. The van der Waals surface area contributed by atoms with Crippen molar-refractivity contribution >= 4 is 40.0 Å². The number of rotatable bonds is 2. The first-order valence-corrected chi connectivity index (χ1v) is 5.30. The molecule has 1 aromatic carbocycles. The van der Waals surface area contributed by atoms with Crippen molar-refractivity contribution in [3.8, 4) is 0 Å². The molecule has 1 aromatic rings. The molecule has 1 saturated carbocycles. The van der Waals surface area contributed by atoms with Gasteiger partial charge in [-0.3, -0.25) is 4.79 Å². The lowest BCUT2D eigenvalue weighted by Gasteiger charge is -1.97. The first kappa shape index (κ1) is 10.3. The molecule has 1 nitrogen and oxygen atoms in total. The Morgan fingerprint density at radius 2 is 1.79 bits per heavy atom. The third-order valence-corrected chi connectivity index (χ3v) is 3.63. The molecule has 0 aromatic heterocycles. The highest BCUT2D eigenvalue weighted by Gasteiger charge is 2.67. The summed E-state index contributed by atoms with van der Waals surface area (Å²) in [5, 5.41) is -0.469. The fourth-order valence-electron chi connectivity index (χ4n) is 1.68. The molecule has 1 aliphatic rings. The van der Waals surface area contributed by atoms with Gasteiger partial charge in [0.15, 0.2) is 0 Å². The van der Waals surface area contributed by atoms with Gasteiger partial charge < -0.3 is 0 Å². The van der Waals surface area contributed by atoms with Crippen LogP contribution in [0.15, 0.2) is 30.3 Å². The number of benzene rings is 1. The van der Waals surface area contributed by atoms with Crippen LogP contribution in [0.2, 0.25) is 0 Å². The predicted octanol–water partition coefficient (Wildman–Crippen LogP) is 3.34. The lowest BCUT2D eigenvalue weighted by atomic mass is 10.1. The van der Waals surface area contributed by atoms with Crippen LogP contribution in [-0.2, 0) is 4.79 Å². The fourth-order valence-corrected chi connectivity index (χ4v) is 2.92. The molecular formula is C10H7Cl3O. The maximum atomic E-state index is 11.0. The van der Waals surface area contributed by atoms with Gasteiger partial charge in [-0.1, -0.05) is 30.3 Å². The SMILES string of the molecule is O=C(Cl)C1C(c2ccccc2)C1(Cl)Cl. The summed E-state index contributed by atoms with van der Waals surface area (Å²) in [4.78, 5) is 11.0. The summed E-state index contributed by atoms with van der Waals surface area (Å²) in [5.41, 5.74) is 0.955. The van der Waals surface area contributed by atoms with E-state index in [9.17, 15) is 4.79 Å². The second kappa shape index (κ2) is 3.41. The number of alkyl halides is 2. The average Bonchev–Trinajstić information content (AvgIpc) is 2.71. The molecule has 0 amide bonds. The van der Waals surface area contributed by atoms with Crippen molar-refractivity contribution < 1.29 is 4.79 Å². The smallest absolute Gasteiger partial charge is 0.228 e. The van der Waals surface area contributed by atoms with E-state index >= 15 is 0 Å². The van der Waals surface area contributed by atoms with Gasteiger partial charge in [-0.25, -0.2) is 0 Å². The van der Waals surface area contributed by atoms with E-state index in [1.807, 2.05) is 30.3 Å². The standard InChI is InChI=1S/C10H7Cl3O/c11-9(14)8-7(10(8,12)13)6-4-2-1-3-5-6/h1-5,7-8H. The Balaban J connectivity index is 2.28. The van der Waals surface area contributed by atoms with E-state index in [2.05, 4.69) is 0 Å². The topological polar surface area (TPSA) is 17.1 Å². The van der Waals surface area contributed by atoms with Crippen LogP contribution >= 0.6 is 34.8 Å². The van der Waals surface area contributed by atoms with E-state index in [-0.39, 0.29) is 5.92 Å². The first-order valence-electron chi connectivity index (χ1n) is 4.17. The molecule has 0 bridgehead atoms. The maximum absolute atomic E-state index is 11.0. The van der Waals surface area contributed by atoms with Gasteiger partial charge in [0.2, 0.25) is 5.24 Å². The zero-order valence-electron chi connectivity index (χ0n) is 7.08. The average molecular weight is 250 g/mol. The van der Waals surface area contributed by atoms with Crippen molar-refractivity contribution in [2.75, 3.05) is 0 Å². The summed E-state index contributed by atoms with van der Waals surface area (Å²) >= 11 is 17.3. The zero-order valence-corrected chi connectivity index (χ0v) is 9.35. The van der Waals surface area contributed by atoms with Gasteiger partial charge in [-0.2, -0.15) is 0 Å². The molecule has 0 N–H and O–H groups in total. The van der Waals surface area contributed by atoms with Crippen LogP contribution in [0, 0.1) is 5.92 Å². The van der Waals surface area contributed by atoms with Crippen molar-refractivity contribution in [3.63, 3.8) is 0 Å². The van der Waals surface area contributed by atoms with Crippen molar-refractivity contribution in [1.82, 2.24) is 0 Å². The molecule has 1 aliphatic carbocycles. The molecule has 2 atom stereocenters. The monoisotopic (exact) mass is 248 g/mol. The quantitative estimate of drug-likeness (QED) is 0.580. The lowest BCUT2D eigenvalue weighted by Crippen LogP contribution is -1.96. The number of carbonyl (C=O) groups is 1. The van der Waals surface area contributed by atoms with Crippen molar-refractivity contribution in [2.45, 2.75) is 10.3 Å². The molecule has 0 spiro atoms. The third-order valence-electron chi connectivity index (χ3n) is 2.46. The summed E-state index contributed by atoms with van der Waals surface area (Å²) < 4.78 is -1.03. The summed E-state index contributed by atoms with van der Waals surface area (Å²) in [6, 6.07) is 9.45. The van der Waals surface area contributed by atoms with Gasteiger partial charge in [0.1, 0.15) is 4.33 Å². The Kier molecular flexibility index (Phi) is 2.50. The molecule has 14 heavy (non-hydrogen) atoms. The molecule has 0 aliphatic heterocycles. The second-order valence-corrected chi connectivity index (χ2v) is 5.16. The van der Waals surface area contributed by atoms with E-state index in [4.69, 9.17) is 34.8 Å². The van der Waals surface area contributed by atoms with Crippen LogP contribution in [0.3, 0.4) is 0 Å². The van der Waals surface area contributed by atoms with E-state index in [1.54, 1.807) is 0 Å². The van der Waals surface area contributed by atoms with E-state index in [0.29, 0.717) is 0 Å². The lowest BCUT2D eigenvalue weighted by molar-refractivity contribution is -0.112. The highest BCUT2D eigenvalue weighted by atomic mass is 35.5. The number of halogens is 3. The molecule has 1 fully saturated rings. The summed E-state index contributed by atoms with van der Waals surface area (Å²) in [6.45, 7) is 0. The van der Waals surface area contributed by atoms with Crippen LogP contribution in [0.5, 0.6) is 0 Å². The van der Waals surface area contributed by atoms with Crippen LogP contribution in [0.1, 0.15) is 11.5 Å². The highest BCUT2D eigenvalue weighted by molar-refractivity contribution is 6.68. The van der Waals surface area contributed by atoms with E-state index in [0.717, 1.165) is 5.56 Å². The molecule has 2 unspecified atom stereocenters. The van der Waals surface area contributed by atoms with Gasteiger partial charge in [0.25, 0.3) is 0 Å². The van der Waals surface area contributed by atoms with Crippen LogP contribution in [0.4, 0.5) is 0 Å². The van der Waals surface area contributed by atoms with Crippen LogP contribution in [0.25, 0.3) is 0 Å². The third kappa shape index (κ3) is 1.54. The van der Waals surface area contributed by atoms with Crippen molar-refractivity contribution in [2.24, 2.45) is 5.92 Å². The Morgan fingerprint density at radius 3 is 2.21 bits per heavy atom. The molecule has 0 saturated heterocycles. The Hall–Kier alpha value is -0.240. The van der Waals surface area contributed by atoms with Crippen LogP contribution in [-0.4, -0.2) is 9.58 Å². The van der Waals surface area contributed by atoms with Gasteiger partial charge in [-0.15, -0.1) is 23.2 Å². The molecular weight excluding hydrogens is 242 g/mol.